The fourth-order valence-corrected chi connectivity index (χ4v) is 4.33. The van der Waals surface area contributed by atoms with E-state index in [4.69, 9.17) is 16.6 Å². The van der Waals surface area contributed by atoms with Crippen LogP contribution in [0, 0.1) is 10.5 Å². The highest BCUT2D eigenvalue weighted by Crippen LogP contribution is 2.33. The molecule has 0 amide bonds. The van der Waals surface area contributed by atoms with Crippen molar-refractivity contribution in [3.8, 4) is 11.1 Å². The lowest BCUT2D eigenvalue weighted by Crippen LogP contribution is -1.91. The molecule has 0 aliphatic rings. The highest BCUT2D eigenvalue weighted by atomic mass is 32.1. The van der Waals surface area contributed by atoms with Gasteiger partial charge in [0.05, 0.1) is 0 Å². The Balaban J connectivity index is 1.69. The van der Waals surface area contributed by atoms with Gasteiger partial charge in [-0.15, -0.1) is 0 Å². The molecule has 3 heteroatoms. The summed E-state index contributed by atoms with van der Waals surface area (Å²) in [5.74, 6) is -0.304. The smallest absolute Gasteiger partial charge is 0.198 e. The van der Waals surface area contributed by atoms with Crippen molar-refractivity contribution in [2.75, 3.05) is 0 Å². The first-order chi connectivity index (χ1) is 14.6. The van der Waals surface area contributed by atoms with Gasteiger partial charge in [0.1, 0.15) is 0 Å². The van der Waals surface area contributed by atoms with E-state index in [2.05, 4.69) is 43.3 Å². The van der Waals surface area contributed by atoms with Crippen LogP contribution >= 0.6 is 12.2 Å². The Morgan fingerprint density at radius 2 is 1.53 bits per heavy atom. The number of fused-ring (bicyclic) bond motifs is 3. The molecule has 0 unspecified atom stereocenters. The molecule has 1 heterocycles. The number of benzene rings is 3. The highest BCUT2D eigenvalue weighted by molar-refractivity contribution is 7.71. The molecule has 4 aromatic rings. The lowest BCUT2D eigenvalue weighted by Gasteiger charge is -2.09. The first-order valence-corrected chi connectivity index (χ1v) is 11.3. The van der Waals surface area contributed by atoms with E-state index in [1.165, 1.54) is 31.2 Å². The predicted molar refractivity (Wildman–Crippen MR) is 127 cm³/mol. The molecular formula is C27H27FOS. The average Bonchev–Trinajstić information content (AvgIpc) is 2.78. The van der Waals surface area contributed by atoms with Crippen LogP contribution in [0.4, 0.5) is 4.39 Å². The van der Waals surface area contributed by atoms with Gasteiger partial charge in [-0.05, 0) is 65.2 Å². The summed E-state index contributed by atoms with van der Waals surface area (Å²) in [5.41, 5.74) is 4.52. The minimum Gasteiger partial charge on any atom is -0.441 e. The third kappa shape index (κ3) is 4.04. The topological polar surface area (TPSA) is 13.1 Å². The first-order valence-electron chi connectivity index (χ1n) is 10.9. The fourth-order valence-electron chi connectivity index (χ4n) is 4.08. The molecule has 0 bridgehead atoms. The Morgan fingerprint density at radius 1 is 0.800 bits per heavy atom. The van der Waals surface area contributed by atoms with Crippen molar-refractivity contribution in [2.45, 2.75) is 52.4 Å². The normalized spacial score (nSPS) is 11.4. The summed E-state index contributed by atoms with van der Waals surface area (Å²) < 4.78 is 20.8. The zero-order valence-corrected chi connectivity index (χ0v) is 18.4. The summed E-state index contributed by atoms with van der Waals surface area (Å²) in [6.45, 7) is 4.17. The van der Waals surface area contributed by atoms with Gasteiger partial charge in [-0.1, -0.05) is 81.6 Å². The Labute approximate surface area is 182 Å². The van der Waals surface area contributed by atoms with Crippen LogP contribution in [0.5, 0.6) is 0 Å². The van der Waals surface area contributed by atoms with Crippen molar-refractivity contribution in [1.29, 1.82) is 0 Å². The Hall–Kier alpha value is -2.52. The number of unbranched alkanes of at least 4 members (excludes halogenated alkanes) is 3. The van der Waals surface area contributed by atoms with Crippen LogP contribution in [0.15, 0.2) is 59.0 Å². The standard InChI is InChI=1S/C27H27FOS/c1-3-5-6-7-8-18-9-11-20(12-10-18)21-14-15-22-23-16-13-19(4-2)25(28)26(23)29-27(30)24(22)17-21/h9-17H,3-8H2,1-2H3. The lowest BCUT2D eigenvalue weighted by atomic mass is 9.98. The summed E-state index contributed by atoms with van der Waals surface area (Å²) in [4.78, 5) is 0. The number of rotatable bonds is 7. The van der Waals surface area contributed by atoms with Gasteiger partial charge in [-0.3, -0.25) is 0 Å². The van der Waals surface area contributed by atoms with Crippen LogP contribution in [0.25, 0.3) is 32.9 Å². The van der Waals surface area contributed by atoms with Gasteiger partial charge in [-0.2, -0.15) is 0 Å². The van der Waals surface area contributed by atoms with E-state index < -0.39 is 0 Å². The summed E-state index contributed by atoms with van der Waals surface area (Å²) in [6.07, 6.45) is 6.86. The number of aryl methyl sites for hydroxylation is 2. The van der Waals surface area contributed by atoms with E-state index in [0.29, 0.717) is 16.7 Å². The maximum absolute atomic E-state index is 14.8. The van der Waals surface area contributed by atoms with E-state index >= 15 is 0 Å². The van der Waals surface area contributed by atoms with Gasteiger partial charge in [-0.25, -0.2) is 4.39 Å². The van der Waals surface area contributed by atoms with Crippen LogP contribution in [0.3, 0.4) is 0 Å². The Kier molecular flexibility index (Phi) is 6.29. The first kappa shape index (κ1) is 20.7. The molecule has 3 aromatic carbocycles. The van der Waals surface area contributed by atoms with E-state index in [9.17, 15) is 4.39 Å². The van der Waals surface area contributed by atoms with Crippen LogP contribution in [0.1, 0.15) is 50.7 Å². The molecule has 0 saturated carbocycles. The van der Waals surface area contributed by atoms with Gasteiger partial charge in [0, 0.05) is 10.8 Å². The maximum Gasteiger partial charge on any atom is 0.198 e. The van der Waals surface area contributed by atoms with Crippen molar-refractivity contribution in [1.82, 2.24) is 0 Å². The van der Waals surface area contributed by atoms with Gasteiger partial charge < -0.3 is 4.42 Å². The van der Waals surface area contributed by atoms with Gasteiger partial charge in [0.15, 0.2) is 16.1 Å². The van der Waals surface area contributed by atoms with Gasteiger partial charge >= 0.3 is 0 Å². The molecule has 0 fully saturated rings. The van der Waals surface area contributed by atoms with E-state index in [-0.39, 0.29) is 11.4 Å². The van der Waals surface area contributed by atoms with Crippen molar-refractivity contribution in [3.63, 3.8) is 0 Å². The monoisotopic (exact) mass is 418 g/mol. The molecular weight excluding hydrogens is 391 g/mol. The predicted octanol–water partition coefficient (Wildman–Crippen LogP) is 8.81. The maximum atomic E-state index is 14.8. The van der Waals surface area contributed by atoms with Gasteiger partial charge in [0.2, 0.25) is 0 Å². The minimum atomic E-state index is -0.304. The zero-order chi connectivity index (χ0) is 21.1. The van der Waals surface area contributed by atoms with Crippen LogP contribution < -0.4 is 0 Å². The van der Waals surface area contributed by atoms with Crippen molar-refractivity contribution < 1.29 is 8.81 Å². The number of halogens is 1. The van der Waals surface area contributed by atoms with E-state index in [0.717, 1.165) is 33.7 Å². The van der Waals surface area contributed by atoms with Crippen molar-refractivity contribution in [2.24, 2.45) is 0 Å². The SMILES string of the molecule is CCCCCCc1ccc(-c2ccc3c(c2)c(=S)oc2c(F)c(CC)ccc23)cc1. The molecule has 0 spiro atoms. The van der Waals surface area contributed by atoms with E-state index in [1.54, 1.807) is 0 Å². The Bertz CT molecular complexity index is 1240. The molecule has 0 aliphatic heterocycles. The molecule has 0 radical (unpaired) electrons. The highest BCUT2D eigenvalue weighted by Gasteiger charge is 2.13. The Morgan fingerprint density at radius 3 is 2.27 bits per heavy atom. The molecule has 0 aliphatic carbocycles. The van der Waals surface area contributed by atoms with Crippen LogP contribution in [0.2, 0.25) is 0 Å². The largest absolute Gasteiger partial charge is 0.441 e. The van der Waals surface area contributed by atoms with Crippen molar-refractivity contribution in [3.05, 3.63) is 76.2 Å². The summed E-state index contributed by atoms with van der Waals surface area (Å²) in [5, 5.41) is 2.55. The molecule has 30 heavy (non-hydrogen) atoms. The van der Waals surface area contributed by atoms with E-state index in [1.807, 2.05) is 25.1 Å². The van der Waals surface area contributed by atoms with Crippen LogP contribution in [-0.4, -0.2) is 0 Å². The molecule has 0 saturated heterocycles. The molecule has 154 valence electrons. The lowest BCUT2D eigenvalue weighted by molar-refractivity contribution is 0.540. The second kappa shape index (κ2) is 9.09. The van der Waals surface area contributed by atoms with Crippen molar-refractivity contribution >= 4 is 34.0 Å². The summed E-state index contributed by atoms with van der Waals surface area (Å²) >= 11 is 5.49. The average molecular weight is 419 g/mol. The zero-order valence-electron chi connectivity index (χ0n) is 17.6. The minimum absolute atomic E-state index is 0.257. The summed E-state index contributed by atoms with van der Waals surface area (Å²) in [7, 11) is 0. The number of hydrogen-bond acceptors (Lipinski definition) is 2. The van der Waals surface area contributed by atoms with Crippen LogP contribution in [-0.2, 0) is 12.8 Å². The third-order valence-corrected chi connectivity index (χ3v) is 6.19. The molecule has 1 nitrogen and oxygen atoms in total. The third-order valence-electron chi connectivity index (χ3n) is 5.89. The molecule has 4 rings (SSSR count). The van der Waals surface area contributed by atoms with Gasteiger partial charge in [0.25, 0.3) is 0 Å². The molecule has 0 atom stereocenters. The quantitative estimate of drug-likeness (QED) is 0.169. The number of hydrogen-bond donors (Lipinski definition) is 0. The summed E-state index contributed by atoms with van der Waals surface area (Å²) in [6, 6.07) is 18.7. The molecule has 0 N–H and O–H groups in total. The second-order valence-corrected chi connectivity index (χ2v) is 8.30. The fraction of sp³-hybridized carbons (Fsp3) is 0.296. The molecule has 1 aromatic heterocycles. The second-order valence-electron chi connectivity index (χ2n) is 7.93.